The molecule has 0 aliphatic rings. The Morgan fingerprint density at radius 2 is 1.51 bits per heavy atom. The highest BCUT2D eigenvalue weighted by Crippen LogP contribution is 2.25. The smallest absolute Gasteiger partial charge is 0.411 e. The van der Waals surface area contributed by atoms with E-state index in [1.807, 2.05) is 45.0 Å². The van der Waals surface area contributed by atoms with Gasteiger partial charge in [0.25, 0.3) is 5.91 Å². The summed E-state index contributed by atoms with van der Waals surface area (Å²) in [7, 11) is 0. The van der Waals surface area contributed by atoms with E-state index in [9.17, 15) is 9.59 Å². The topological polar surface area (TPSA) is 106 Å². The van der Waals surface area contributed by atoms with Crippen LogP contribution in [0.4, 0.5) is 16.2 Å². The number of aromatic nitrogens is 2. The van der Waals surface area contributed by atoms with Crippen molar-refractivity contribution in [1.29, 1.82) is 0 Å². The van der Waals surface area contributed by atoms with E-state index in [4.69, 9.17) is 9.15 Å². The highest BCUT2D eigenvalue weighted by atomic mass is 16.5. The number of amides is 2. The Morgan fingerprint density at radius 1 is 0.857 bits per heavy atom. The van der Waals surface area contributed by atoms with E-state index < -0.39 is 6.09 Å². The standard InChI is InChI=1S/C27H26N4O4/c1-17(2)16-34-27(33)29-23-9-5-8-22(15-23)28-24(32)19-10-12-20(13-11-19)25-30-31-26(35-25)21-7-4-6-18(3)14-21/h4-15,17H,16H2,1-3H3,(H,28,32)(H,29,33). The molecule has 3 aromatic carbocycles. The van der Waals surface area contributed by atoms with Crippen molar-refractivity contribution in [2.24, 2.45) is 5.92 Å². The second-order valence-corrected chi connectivity index (χ2v) is 8.51. The van der Waals surface area contributed by atoms with Crippen LogP contribution in [0.25, 0.3) is 22.9 Å². The Kier molecular flexibility index (Phi) is 7.21. The van der Waals surface area contributed by atoms with Crippen LogP contribution in [0.1, 0.15) is 29.8 Å². The number of rotatable bonds is 7. The van der Waals surface area contributed by atoms with Crippen molar-refractivity contribution in [1.82, 2.24) is 10.2 Å². The fourth-order valence-corrected chi connectivity index (χ4v) is 3.27. The van der Waals surface area contributed by atoms with Crippen LogP contribution in [-0.4, -0.2) is 28.8 Å². The van der Waals surface area contributed by atoms with Crippen LogP contribution in [0.2, 0.25) is 0 Å². The third-order valence-corrected chi connectivity index (χ3v) is 5.00. The first-order valence-electron chi connectivity index (χ1n) is 11.2. The Balaban J connectivity index is 1.40. The van der Waals surface area contributed by atoms with E-state index in [1.54, 1.807) is 48.5 Å². The predicted molar refractivity (Wildman–Crippen MR) is 134 cm³/mol. The molecule has 2 N–H and O–H groups in total. The highest BCUT2D eigenvalue weighted by molar-refractivity contribution is 6.04. The minimum Gasteiger partial charge on any atom is -0.449 e. The Bertz CT molecular complexity index is 1330. The minimum atomic E-state index is -0.538. The number of hydrogen-bond acceptors (Lipinski definition) is 6. The molecule has 0 saturated heterocycles. The van der Waals surface area contributed by atoms with Gasteiger partial charge in [0.2, 0.25) is 11.8 Å². The molecule has 1 heterocycles. The summed E-state index contributed by atoms with van der Waals surface area (Å²) >= 11 is 0. The van der Waals surface area contributed by atoms with E-state index in [-0.39, 0.29) is 11.8 Å². The van der Waals surface area contributed by atoms with Gasteiger partial charge in [-0.25, -0.2) is 4.79 Å². The first-order chi connectivity index (χ1) is 16.9. The molecule has 35 heavy (non-hydrogen) atoms. The number of benzene rings is 3. The number of carbonyl (C=O) groups excluding carboxylic acids is 2. The van der Waals surface area contributed by atoms with Crippen molar-refractivity contribution in [3.8, 4) is 22.9 Å². The van der Waals surface area contributed by atoms with E-state index in [2.05, 4.69) is 20.8 Å². The van der Waals surface area contributed by atoms with Gasteiger partial charge in [0.05, 0.1) is 6.61 Å². The van der Waals surface area contributed by atoms with Crippen LogP contribution in [0.15, 0.2) is 77.2 Å². The Morgan fingerprint density at radius 3 is 2.20 bits per heavy atom. The van der Waals surface area contributed by atoms with Gasteiger partial charge in [0.15, 0.2) is 0 Å². The summed E-state index contributed by atoms with van der Waals surface area (Å²) in [5.74, 6) is 0.763. The monoisotopic (exact) mass is 470 g/mol. The summed E-state index contributed by atoms with van der Waals surface area (Å²) < 4.78 is 10.9. The largest absolute Gasteiger partial charge is 0.449 e. The first kappa shape index (κ1) is 23.7. The van der Waals surface area contributed by atoms with Gasteiger partial charge in [-0.2, -0.15) is 0 Å². The molecule has 0 atom stereocenters. The molecule has 0 unspecified atom stereocenters. The second kappa shape index (κ2) is 10.6. The van der Waals surface area contributed by atoms with Crippen molar-refractivity contribution in [3.05, 3.63) is 83.9 Å². The highest BCUT2D eigenvalue weighted by Gasteiger charge is 2.13. The zero-order valence-electron chi connectivity index (χ0n) is 19.7. The third kappa shape index (κ3) is 6.32. The zero-order chi connectivity index (χ0) is 24.8. The first-order valence-corrected chi connectivity index (χ1v) is 11.2. The normalized spacial score (nSPS) is 10.7. The number of anilines is 2. The maximum Gasteiger partial charge on any atom is 0.411 e. The van der Waals surface area contributed by atoms with Crippen LogP contribution in [0.5, 0.6) is 0 Å². The van der Waals surface area contributed by atoms with Gasteiger partial charge in [0.1, 0.15) is 0 Å². The molecule has 178 valence electrons. The van der Waals surface area contributed by atoms with Gasteiger partial charge in [-0.15, -0.1) is 10.2 Å². The maximum atomic E-state index is 12.7. The van der Waals surface area contributed by atoms with Gasteiger partial charge >= 0.3 is 6.09 Å². The van der Waals surface area contributed by atoms with Crippen LogP contribution >= 0.6 is 0 Å². The second-order valence-electron chi connectivity index (χ2n) is 8.51. The number of nitrogens with zero attached hydrogens (tertiary/aromatic N) is 2. The lowest BCUT2D eigenvalue weighted by atomic mass is 10.1. The fraction of sp³-hybridized carbons (Fsp3) is 0.185. The quantitative estimate of drug-likeness (QED) is 0.335. The number of nitrogens with one attached hydrogen (secondary N) is 2. The summed E-state index contributed by atoms with van der Waals surface area (Å²) in [6.45, 7) is 6.25. The summed E-state index contributed by atoms with van der Waals surface area (Å²) in [6.07, 6.45) is -0.538. The molecule has 8 heteroatoms. The molecule has 0 aliphatic carbocycles. The molecule has 4 rings (SSSR count). The van der Waals surface area contributed by atoms with E-state index in [0.717, 1.165) is 11.1 Å². The Hall–Kier alpha value is -4.46. The molecule has 4 aromatic rings. The van der Waals surface area contributed by atoms with Crippen molar-refractivity contribution < 1.29 is 18.7 Å². The van der Waals surface area contributed by atoms with Crippen molar-refractivity contribution >= 4 is 23.4 Å². The van der Waals surface area contributed by atoms with E-state index in [1.165, 1.54) is 0 Å². The molecule has 1 aromatic heterocycles. The fourth-order valence-electron chi connectivity index (χ4n) is 3.27. The molecule has 0 radical (unpaired) electrons. The van der Waals surface area contributed by atoms with Crippen molar-refractivity contribution in [2.45, 2.75) is 20.8 Å². The number of carbonyl (C=O) groups is 2. The number of hydrogen-bond donors (Lipinski definition) is 2. The molecule has 0 saturated carbocycles. The molecular formula is C27H26N4O4. The third-order valence-electron chi connectivity index (χ3n) is 5.00. The summed E-state index contributed by atoms with van der Waals surface area (Å²) in [6, 6.07) is 21.6. The lowest BCUT2D eigenvalue weighted by Crippen LogP contribution is -2.17. The molecule has 0 bridgehead atoms. The van der Waals surface area contributed by atoms with Crippen molar-refractivity contribution in [3.63, 3.8) is 0 Å². The van der Waals surface area contributed by atoms with Crippen molar-refractivity contribution in [2.75, 3.05) is 17.2 Å². The average Bonchev–Trinajstić information content (AvgIpc) is 3.34. The molecular weight excluding hydrogens is 444 g/mol. The lowest BCUT2D eigenvalue weighted by molar-refractivity contribution is 0.102. The Labute approximate surface area is 203 Å². The zero-order valence-corrected chi connectivity index (χ0v) is 19.7. The van der Waals surface area contributed by atoms with Gasteiger partial charge in [-0.05, 0) is 67.4 Å². The van der Waals surface area contributed by atoms with Gasteiger partial charge in [-0.1, -0.05) is 37.6 Å². The predicted octanol–water partition coefficient (Wildman–Crippen LogP) is 6.17. The SMILES string of the molecule is Cc1cccc(-c2nnc(-c3ccc(C(=O)Nc4cccc(NC(=O)OCC(C)C)c4)cc3)o2)c1. The molecule has 0 aliphatic heterocycles. The van der Waals surface area contributed by atoms with Crippen LogP contribution in [0.3, 0.4) is 0 Å². The van der Waals surface area contributed by atoms with E-state index in [0.29, 0.717) is 40.9 Å². The van der Waals surface area contributed by atoms with Gasteiger partial charge in [-0.3, -0.25) is 10.1 Å². The lowest BCUT2D eigenvalue weighted by Gasteiger charge is -2.10. The van der Waals surface area contributed by atoms with Crippen LogP contribution in [-0.2, 0) is 4.74 Å². The summed E-state index contributed by atoms with van der Waals surface area (Å²) in [5.41, 5.74) is 4.18. The van der Waals surface area contributed by atoms with Crippen LogP contribution in [0, 0.1) is 12.8 Å². The van der Waals surface area contributed by atoms with Gasteiger partial charge < -0.3 is 14.5 Å². The summed E-state index contributed by atoms with van der Waals surface area (Å²) in [5, 5.41) is 13.7. The maximum absolute atomic E-state index is 12.7. The van der Waals surface area contributed by atoms with Gasteiger partial charge in [0, 0.05) is 28.1 Å². The number of aryl methyl sites for hydroxylation is 1. The summed E-state index contributed by atoms with van der Waals surface area (Å²) in [4.78, 5) is 24.6. The molecule has 2 amide bonds. The molecule has 0 fully saturated rings. The number of ether oxygens (including phenoxy) is 1. The van der Waals surface area contributed by atoms with Crippen LogP contribution < -0.4 is 10.6 Å². The molecule has 0 spiro atoms. The van der Waals surface area contributed by atoms with E-state index >= 15 is 0 Å². The minimum absolute atomic E-state index is 0.243. The average molecular weight is 471 g/mol. The molecule has 8 nitrogen and oxygen atoms in total.